The molecule has 2 heterocycles. The fraction of sp³-hybridized carbons (Fsp3) is 0.143. The molecule has 0 bridgehead atoms. The first-order chi connectivity index (χ1) is 28.7. The van der Waals surface area contributed by atoms with Crippen LogP contribution in [0.3, 0.4) is 0 Å². The van der Waals surface area contributed by atoms with Crippen molar-refractivity contribution in [3.63, 3.8) is 0 Å². The van der Waals surface area contributed by atoms with Gasteiger partial charge in [0.15, 0.2) is 5.82 Å². The number of aromatic nitrogens is 3. The van der Waals surface area contributed by atoms with Crippen LogP contribution >= 0.6 is 0 Å². The van der Waals surface area contributed by atoms with Gasteiger partial charge in [0.05, 0.1) is 16.9 Å². The number of nitrogens with zero attached hydrogens (tertiary/aromatic N) is 3. The Labute approximate surface area is 352 Å². The van der Waals surface area contributed by atoms with Gasteiger partial charge in [-0.3, -0.25) is 0 Å². The summed E-state index contributed by atoms with van der Waals surface area (Å²) < 4.78 is 2.25. The van der Waals surface area contributed by atoms with Crippen LogP contribution in [-0.4, -0.2) is 14.5 Å². The Kier molecular flexibility index (Phi) is 15.5. The molecule has 0 amide bonds. The molecule has 2 aromatic heterocycles. The Bertz CT molecular complexity index is 2700. The maximum Gasteiger partial charge on any atom is 0.160 e. The number of hydrogen-bond acceptors (Lipinski definition) is 2. The lowest BCUT2D eigenvalue weighted by atomic mass is 9.99. The lowest BCUT2D eigenvalue weighted by Crippen LogP contribution is -2.03. The van der Waals surface area contributed by atoms with Crippen molar-refractivity contribution in [1.29, 1.82) is 0 Å². The van der Waals surface area contributed by atoms with Crippen LogP contribution in [0, 0.1) is 20.8 Å². The predicted molar refractivity (Wildman–Crippen MR) is 259 cm³/mol. The maximum atomic E-state index is 5.06. The first-order valence-corrected chi connectivity index (χ1v) is 20.5. The molecule has 0 atom stereocenters. The van der Waals surface area contributed by atoms with Gasteiger partial charge in [0.2, 0.25) is 0 Å². The van der Waals surface area contributed by atoms with Crippen molar-refractivity contribution >= 4 is 38.9 Å². The van der Waals surface area contributed by atoms with Gasteiger partial charge in [-0.2, -0.15) is 0 Å². The number of rotatable bonds is 8. The van der Waals surface area contributed by atoms with Gasteiger partial charge in [-0.15, -0.1) is 0 Å². The minimum Gasteiger partial charge on any atom is -0.316 e. The van der Waals surface area contributed by atoms with E-state index in [9.17, 15) is 0 Å². The minimum absolute atomic E-state index is 0.687. The SMILES string of the molecule is C=C/C=C(\C=C/C)c1nc(-c2ccc(-c3cccc(-n4cccc5ccccc5c(C)c(/C=C\C)c4C(=C)C)c3)cc2)nc2ccccc12.CC.Cc1ccccc1C. The van der Waals surface area contributed by atoms with Crippen molar-refractivity contribution in [2.75, 3.05) is 0 Å². The van der Waals surface area contributed by atoms with E-state index in [1.165, 1.54) is 27.5 Å². The van der Waals surface area contributed by atoms with E-state index in [1.54, 1.807) is 6.08 Å². The number of fused-ring (bicyclic) bond motifs is 2. The molecular formula is C56H57N3. The Morgan fingerprint density at radius 2 is 1.27 bits per heavy atom. The first-order valence-electron chi connectivity index (χ1n) is 20.5. The summed E-state index contributed by atoms with van der Waals surface area (Å²) in [5.41, 5.74) is 14.2. The van der Waals surface area contributed by atoms with E-state index in [-0.39, 0.29) is 0 Å². The average molecular weight is 772 g/mol. The number of allylic oxidation sites excluding steroid dienone is 7. The van der Waals surface area contributed by atoms with Gasteiger partial charge < -0.3 is 4.57 Å². The van der Waals surface area contributed by atoms with E-state index in [2.05, 4.69) is 192 Å². The minimum atomic E-state index is 0.687. The molecular weight excluding hydrogens is 715 g/mol. The van der Waals surface area contributed by atoms with Crippen LogP contribution in [0.25, 0.3) is 67.1 Å². The zero-order valence-electron chi connectivity index (χ0n) is 36.0. The highest BCUT2D eigenvalue weighted by molar-refractivity contribution is 5.94. The molecule has 0 spiro atoms. The molecule has 0 radical (unpaired) electrons. The van der Waals surface area contributed by atoms with Gasteiger partial charge in [0.1, 0.15) is 0 Å². The molecule has 0 aliphatic heterocycles. The molecule has 59 heavy (non-hydrogen) atoms. The summed E-state index contributed by atoms with van der Waals surface area (Å²) in [7, 11) is 0. The highest BCUT2D eigenvalue weighted by atomic mass is 15.0. The molecule has 0 saturated heterocycles. The molecule has 0 aliphatic carbocycles. The molecule has 7 aromatic rings. The van der Waals surface area contributed by atoms with Crippen molar-refractivity contribution < 1.29 is 0 Å². The lowest BCUT2D eigenvalue weighted by molar-refractivity contribution is 1.02. The van der Waals surface area contributed by atoms with E-state index in [4.69, 9.17) is 9.97 Å². The predicted octanol–water partition coefficient (Wildman–Crippen LogP) is 15.9. The zero-order valence-corrected chi connectivity index (χ0v) is 36.0. The van der Waals surface area contributed by atoms with E-state index in [0.29, 0.717) is 5.82 Å². The molecule has 0 fully saturated rings. The Morgan fingerprint density at radius 3 is 1.92 bits per heavy atom. The number of aryl methyl sites for hydroxylation is 3. The van der Waals surface area contributed by atoms with Crippen LogP contribution in [0.5, 0.6) is 0 Å². The molecule has 3 heteroatoms. The van der Waals surface area contributed by atoms with Crippen LogP contribution in [0.15, 0.2) is 183 Å². The third-order valence-electron chi connectivity index (χ3n) is 10.1. The van der Waals surface area contributed by atoms with Crippen LogP contribution in [-0.2, 0) is 0 Å². The number of hydrogen-bond donors (Lipinski definition) is 0. The van der Waals surface area contributed by atoms with Crippen LogP contribution in [0.2, 0.25) is 0 Å². The fourth-order valence-corrected chi connectivity index (χ4v) is 7.02. The fourth-order valence-electron chi connectivity index (χ4n) is 7.02. The highest BCUT2D eigenvalue weighted by Crippen LogP contribution is 2.32. The Morgan fingerprint density at radius 1 is 0.644 bits per heavy atom. The monoisotopic (exact) mass is 771 g/mol. The standard InChI is InChI=1S/C46H41N3.C8H10.C2H6/c1-7-16-36(17-8-2)44-42-24-12-13-25-43(42)47-46(48-44)37-28-26-34(27-29-37)38-20-14-22-39(31-38)49-30-15-21-35-19-10-11-23-40(35)33(6)41(18-9-3)45(49)32(4)5;1-7-5-3-4-6-8(7)2;1-2/h7-31H,1,4H2,2-3,5-6H3;3-6H,1-2H3;1-2H3/b17-8-,18-9-,30-15?,35-21?,36-16+,40-33?,45-41?;;. The van der Waals surface area contributed by atoms with Gasteiger partial charge >= 0.3 is 0 Å². The second-order valence-corrected chi connectivity index (χ2v) is 14.1. The summed E-state index contributed by atoms with van der Waals surface area (Å²) in [6, 6.07) is 46.5. The van der Waals surface area contributed by atoms with Gasteiger partial charge in [-0.1, -0.05) is 173 Å². The summed E-state index contributed by atoms with van der Waals surface area (Å²) in [5.74, 6) is 0.687. The second-order valence-electron chi connectivity index (χ2n) is 14.1. The van der Waals surface area contributed by atoms with Crippen molar-refractivity contribution in [1.82, 2.24) is 14.5 Å². The van der Waals surface area contributed by atoms with E-state index in [0.717, 1.165) is 61.4 Å². The number of benzene rings is 5. The molecule has 0 saturated carbocycles. The van der Waals surface area contributed by atoms with E-state index in [1.807, 2.05) is 51.1 Å². The maximum absolute atomic E-state index is 5.06. The lowest BCUT2D eigenvalue weighted by Gasteiger charge is -2.17. The molecule has 0 N–H and O–H groups in total. The van der Waals surface area contributed by atoms with Crippen LogP contribution < -0.4 is 0 Å². The van der Waals surface area contributed by atoms with Crippen LogP contribution in [0.4, 0.5) is 0 Å². The normalized spacial score (nSPS) is 11.2. The van der Waals surface area contributed by atoms with Crippen molar-refractivity contribution in [2.24, 2.45) is 0 Å². The summed E-state index contributed by atoms with van der Waals surface area (Å²) in [4.78, 5) is 10.0. The third kappa shape index (κ3) is 10.4. The smallest absolute Gasteiger partial charge is 0.160 e. The largest absolute Gasteiger partial charge is 0.316 e. The summed E-state index contributed by atoms with van der Waals surface area (Å²) in [6.07, 6.45) is 14.3. The highest BCUT2D eigenvalue weighted by Gasteiger charge is 2.14. The molecule has 0 aliphatic rings. The molecule has 0 unspecified atom stereocenters. The van der Waals surface area contributed by atoms with Gasteiger partial charge in [-0.25, -0.2) is 9.97 Å². The van der Waals surface area contributed by atoms with Crippen molar-refractivity contribution in [3.8, 4) is 28.2 Å². The van der Waals surface area contributed by atoms with Crippen LogP contribution in [0.1, 0.15) is 68.3 Å². The van der Waals surface area contributed by atoms with Gasteiger partial charge in [0.25, 0.3) is 0 Å². The molecule has 7 rings (SSSR count). The van der Waals surface area contributed by atoms with Gasteiger partial charge in [0, 0.05) is 34.0 Å². The van der Waals surface area contributed by atoms with Crippen molar-refractivity contribution in [2.45, 2.75) is 55.4 Å². The number of para-hydroxylation sites is 1. The summed E-state index contributed by atoms with van der Waals surface area (Å²) >= 11 is 0. The zero-order chi connectivity index (χ0) is 42.3. The molecule has 296 valence electrons. The van der Waals surface area contributed by atoms with Crippen molar-refractivity contribution in [3.05, 3.63) is 217 Å². The Hall–Kier alpha value is -6.84. The average Bonchev–Trinajstić information content (AvgIpc) is 3.32. The third-order valence-corrected chi connectivity index (χ3v) is 10.1. The van der Waals surface area contributed by atoms with E-state index < -0.39 is 0 Å². The summed E-state index contributed by atoms with van der Waals surface area (Å²) in [5, 5.41) is 3.41. The second kappa shape index (κ2) is 21.1. The van der Waals surface area contributed by atoms with Gasteiger partial charge in [-0.05, 0) is 110 Å². The topological polar surface area (TPSA) is 30.7 Å². The Balaban J connectivity index is 0.000000585. The summed E-state index contributed by atoms with van der Waals surface area (Å²) in [6.45, 7) is 25.0. The van der Waals surface area contributed by atoms with E-state index >= 15 is 0 Å². The molecule has 5 aromatic carbocycles. The quantitative estimate of drug-likeness (QED) is 0.144. The first kappa shape index (κ1) is 43.3. The molecule has 3 nitrogen and oxygen atoms in total.